The van der Waals surface area contributed by atoms with E-state index in [1.54, 1.807) is 6.92 Å². The summed E-state index contributed by atoms with van der Waals surface area (Å²) in [6.07, 6.45) is 1.32. The monoisotopic (exact) mass is 366 g/mol. The summed E-state index contributed by atoms with van der Waals surface area (Å²) in [5.74, 6) is -1.37. The molecule has 0 saturated carbocycles. The molecule has 20 heavy (non-hydrogen) atoms. The molecule has 1 aromatic rings. The maximum absolute atomic E-state index is 12.7. The molecular formula is C10H15BrN4O4S. The van der Waals surface area contributed by atoms with Gasteiger partial charge < -0.3 is 5.11 Å². The van der Waals surface area contributed by atoms with Crippen LogP contribution in [0.5, 0.6) is 0 Å². The van der Waals surface area contributed by atoms with Gasteiger partial charge in [0.25, 0.3) is 10.0 Å². The van der Waals surface area contributed by atoms with Crippen molar-refractivity contribution in [3.8, 4) is 0 Å². The molecule has 112 valence electrons. The molecule has 2 unspecified atom stereocenters. The van der Waals surface area contributed by atoms with Crippen molar-refractivity contribution < 1.29 is 18.3 Å². The van der Waals surface area contributed by atoms with E-state index in [9.17, 15) is 18.3 Å². The van der Waals surface area contributed by atoms with E-state index < -0.39 is 22.0 Å². The second-order valence-electron chi connectivity index (χ2n) is 4.83. The van der Waals surface area contributed by atoms with Gasteiger partial charge in [-0.15, -0.1) is 5.10 Å². The molecule has 1 aliphatic heterocycles. The second-order valence-corrected chi connectivity index (χ2v) is 7.38. The van der Waals surface area contributed by atoms with Crippen LogP contribution in [0.3, 0.4) is 0 Å². The van der Waals surface area contributed by atoms with Crippen LogP contribution in [0.1, 0.15) is 19.8 Å². The number of piperidine rings is 1. The minimum Gasteiger partial charge on any atom is -0.480 e. The molecule has 0 bridgehead atoms. The predicted molar refractivity (Wildman–Crippen MR) is 72.4 cm³/mol. The van der Waals surface area contributed by atoms with Gasteiger partial charge in [-0.25, -0.2) is 13.1 Å². The van der Waals surface area contributed by atoms with Gasteiger partial charge in [0.2, 0.25) is 5.03 Å². The van der Waals surface area contributed by atoms with Gasteiger partial charge in [-0.2, -0.15) is 4.31 Å². The highest BCUT2D eigenvalue weighted by molar-refractivity contribution is 9.10. The Bertz CT molecular complexity index is 610. The number of aromatic nitrogens is 3. The second kappa shape index (κ2) is 5.41. The maximum Gasteiger partial charge on any atom is 0.322 e. The molecule has 1 aliphatic rings. The lowest BCUT2D eigenvalue weighted by molar-refractivity contribution is -0.144. The maximum atomic E-state index is 12.7. The van der Waals surface area contributed by atoms with Crippen molar-refractivity contribution >= 4 is 31.9 Å². The molecule has 2 heterocycles. The van der Waals surface area contributed by atoms with E-state index in [-0.39, 0.29) is 22.1 Å². The smallest absolute Gasteiger partial charge is 0.322 e. The van der Waals surface area contributed by atoms with E-state index in [0.717, 1.165) is 8.99 Å². The third kappa shape index (κ3) is 2.47. The first-order chi connectivity index (χ1) is 9.26. The van der Waals surface area contributed by atoms with E-state index in [4.69, 9.17) is 0 Å². The highest BCUT2D eigenvalue weighted by Gasteiger charge is 2.43. The topological polar surface area (TPSA) is 105 Å². The average Bonchev–Trinajstić information content (AvgIpc) is 2.68. The predicted octanol–water partition coefficient (Wildman–Crippen LogP) is 0.451. The van der Waals surface area contributed by atoms with Crippen LogP contribution < -0.4 is 0 Å². The fourth-order valence-electron chi connectivity index (χ4n) is 2.49. The lowest BCUT2D eigenvalue weighted by Gasteiger charge is -2.35. The summed E-state index contributed by atoms with van der Waals surface area (Å²) >= 11 is 3.04. The first-order valence-corrected chi connectivity index (χ1v) is 8.30. The Hall–Kier alpha value is -1.00. The minimum atomic E-state index is -3.96. The van der Waals surface area contributed by atoms with E-state index in [0.29, 0.717) is 12.8 Å². The molecule has 0 aromatic carbocycles. The Kier molecular flexibility index (Phi) is 4.17. The van der Waals surface area contributed by atoms with Crippen LogP contribution in [0.2, 0.25) is 0 Å². The summed E-state index contributed by atoms with van der Waals surface area (Å²) in [4.78, 5) is 11.4. The van der Waals surface area contributed by atoms with Crippen LogP contribution in [0, 0.1) is 5.92 Å². The number of aryl methyl sites for hydroxylation is 1. The van der Waals surface area contributed by atoms with Crippen LogP contribution in [0.15, 0.2) is 9.63 Å². The van der Waals surface area contributed by atoms with Crippen LogP contribution in [0.25, 0.3) is 0 Å². The first-order valence-electron chi connectivity index (χ1n) is 6.06. The van der Waals surface area contributed by atoms with Gasteiger partial charge in [-0.1, -0.05) is 12.1 Å². The van der Waals surface area contributed by atoms with Crippen molar-refractivity contribution in [1.82, 2.24) is 19.3 Å². The summed E-state index contributed by atoms with van der Waals surface area (Å²) in [5.41, 5.74) is 0. The van der Waals surface area contributed by atoms with Gasteiger partial charge in [-0.3, -0.25) is 4.79 Å². The molecule has 0 aliphatic carbocycles. The number of nitrogens with zero attached hydrogens (tertiary/aromatic N) is 4. The third-order valence-corrected chi connectivity index (χ3v) is 6.20. The zero-order valence-corrected chi connectivity index (χ0v) is 13.4. The lowest BCUT2D eigenvalue weighted by atomic mass is 9.93. The Morgan fingerprint density at radius 2 is 2.15 bits per heavy atom. The van der Waals surface area contributed by atoms with Gasteiger partial charge in [0.1, 0.15) is 6.04 Å². The van der Waals surface area contributed by atoms with Crippen LogP contribution >= 0.6 is 15.9 Å². The van der Waals surface area contributed by atoms with Gasteiger partial charge in [-0.05, 0) is 34.7 Å². The van der Waals surface area contributed by atoms with Gasteiger partial charge in [0.15, 0.2) is 4.60 Å². The van der Waals surface area contributed by atoms with Crippen molar-refractivity contribution in [3.63, 3.8) is 0 Å². The van der Waals surface area contributed by atoms with Gasteiger partial charge in [0, 0.05) is 13.6 Å². The molecule has 1 N–H and O–H groups in total. The molecule has 8 nitrogen and oxygen atoms in total. The fourth-order valence-corrected chi connectivity index (χ4v) is 5.25. The minimum absolute atomic E-state index is 0.0855. The number of carboxylic acids is 1. The van der Waals surface area contributed by atoms with Gasteiger partial charge >= 0.3 is 5.97 Å². The van der Waals surface area contributed by atoms with E-state index >= 15 is 0 Å². The highest BCUT2D eigenvalue weighted by Crippen LogP contribution is 2.31. The largest absolute Gasteiger partial charge is 0.480 e. The van der Waals surface area contributed by atoms with Crippen molar-refractivity contribution in [3.05, 3.63) is 4.60 Å². The van der Waals surface area contributed by atoms with Crippen molar-refractivity contribution in [1.29, 1.82) is 0 Å². The number of rotatable bonds is 3. The zero-order chi connectivity index (χ0) is 15.1. The quantitative estimate of drug-likeness (QED) is 0.832. The first kappa shape index (κ1) is 15.4. The Balaban J connectivity index is 2.50. The van der Waals surface area contributed by atoms with Crippen LogP contribution in [-0.4, -0.2) is 51.4 Å². The summed E-state index contributed by atoms with van der Waals surface area (Å²) in [7, 11) is -2.51. The number of hydrogen-bond donors (Lipinski definition) is 1. The third-order valence-electron chi connectivity index (χ3n) is 3.43. The number of sulfonamides is 1. The van der Waals surface area contributed by atoms with E-state index in [1.807, 2.05) is 0 Å². The summed E-state index contributed by atoms with van der Waals surface area (Å²) in [5, 5.41) is 16.5. The highest BCUT2D eigenvalue weighted by atomic mass is 79.9. The number of hydrogen-bond acceptors (Lipinski definition) is 5. The summed E-state index contributed by atoms with van der Waals surface area (Å²) < 4.78 is 27.6. The Morgan fingerprint density at radius 3 is 2.65 bits per heavy atom. The molecule has 2 rings (SSSR count). The summed E-state index contributed by atoms with van der Waals surface area (Å²) in [6, 6.07) is -1.06. The molecule has 1 fully saturated rings. The Morgan fingerprint density at radius 1 is 1.50 bits per heavy atom. The number of aliphatic carboxylic acids is 1. The number of carbonyl (C=O) groups is 1. The standard InChI is InChI=1S/C10H15BrN4O4S/c1-6-4-3-5-15(7(6)10(16)17)20(18,19)9-8(11)12-13-14(9)2/h6-7H,3-5H2,1-2H3,(H,16,17). The normalized spacial score (nSPS) is 24.8. The fraction of sp³-hybridized carbons (Fsp3) is 0.700. The van der Waals surface area contributed by atoms with Crippen LogP contribution in [-0.2, 0) is 21.9 Å². The molecule has 0 radical (unpaired) electrons. The SMILES string of the molecule is CC1CCCN(S(=O)(=O)c2c(Br)nnn2C)C1C(=O)O. The van der Waals surface area contributed by atoms with Crippen LogP contribution in [0.4, 0.5) is 0 Å². The number of halogens is 1. The Labute approximate surface area is 124 Å². The molecule has 10 heteroatoms. The van der Waals surface area contributed by atoms with E-state index in [1.165, 1.54) is 7.05 Å². The van der Waals surface area contributed by atoms with Crippen molar-refractivity contribution in [2.24, 2.45) is 13.0 Å². The lowest BCUT2D eigenvalue weighted by Crippen LogP contribution is -2.52. The summed E-state index contributed by atoms with van der Waals surface area (Å²) in [6.45, 7) is 1.93. The average molecular weight is 367 g/mol. The zero-order valence-electron chi connectivity index (χ0n) is 11.0. The van der Waals surface area contributed by atoms with Gasteiger partial charge in [0.05, 0.1) is 0 Å². The van der Waals surface area contributed by atoms with Crippen molar-refractivity contribution in [2.45, 2.75) is 30.8 Å². The molecule has 0 amide bonds. The van der Waals surface area contributed by atoms with E-state index in [2.05, 4.69) is 26.2 Å². The molecule has 1 saturated heterocycles. The number of carboxylic acid groups (broad SMARTS) is 1. The molecule has 2 atom stereocenters. The molecule has 0 spiro atoms. The molecule has 1 aromatic heterocycles. The molecular weight excluding hydrogens is 352 g/mol. The van der Waals surface area contributed by atoms with Crippen molar-refractivity contribution in [2.75, 3.05) is 6.54 Å².